The van der Waals surface area contributed by atoms with Gasteiger partial charge in [-0.15, -0.1) is 0 Å². The van der Waals surface area contributed by atoms with Crippen LogP contribution in [-0.4, -0.2) is 4.57 Å². The van der Waals surface area contributed by atoms with Crippen molar-refractivity contribution in [1.29, 1.82) is 0 Å². The minimum absolute atomic E-state index is 0.952. The van der Waals surface area contributed by atoms with Gasteiger partial charge in [0.1, 0.15) is 5.49 Å². The second-order valence-corrected chi connectivity index (χ2v) is 7.37. The predicted molar refractivity (Wildman–Crippen MR) is 134 cm³/mol. The van der Waals surface area contributed by atoms with Gasteiger partial charge in [-0.1, -0.05) is 91.6 Å². The maximum absolute atomic E-state index is 4.97. The van der Waals surface area contributed by atoms with E-state index in [2.05, 4.69) is 85.0 Å². The smallest absolute Gasteiger partial charge is 0.141 e. The van der Waals surface area contributed by atoms with E-state index in [-0.39, 0.29) is 0 Å². The highest BCUT2D eigenvalue weighted by molar-refractivity contribution is 6.06. The molecule has 4 rings (SSSR count). The third kappa shape index (κ3) is 4.34. The lowest BCUT2D eigenvalue weighted by Gasteiger charge is -2.12. The van der Waals surface area contributed by atoms with Crippen molar-refractivity contribution < 1.29 is 0 Å². The molecule has 0 saturated heterocycles. The Labute approximate surface area is 183 Å². The van der Waals surface area contributed by atoms with E-state index in [1.165, 1.54) is 10.8 Å². The van der Waals surface area contributed by atoms with Gasteiger partial charge in [-0.3, -0.25) is 0 Å². The molecule has 2 heteroatoms. The molecule has 0 amide bonds. The second kappa shape index (κ2) is 9.27. The summed E-state index contributed by atoms with van der Waals surface area (Å²) in [5.41, 5.74) is 5.38. The van der Waals surface area contributed by atoms with E-state index in [4.69, 9.17) is 4.99 Å². The van der Waals surface area contributed by atoms with E-state index in [9.17, 15) is 0 Å². The highest BCUT2D eigenvalue weighted by atomic mass is 15.0. The van der Waals surface area contributed by atoms with Crippen molar-refractivity contribution in [2.75, 3.05) is 0 Å². The van der Waals surface area contributed by atoms with Crippen LogP contribution in [0.15, 0.2) is 120 Å². The number of hydrogen-bond acceptors (Lipinski definition) is 1. The standard InChI is InChI=1S/C29H26N2/c1-4-6-12-22(5-2)17-18-23-19-20-28-27(21-23)25-15-10-11-16-26(25)29(31(28)3)30-24-13-8-7-9-14-24/h4-21H,1H2,2-3H3/b12-6-,18-17+,22-5+,30-29?. The Morgan fingerprint density at radius 3 is 2.35 bits per heavy atom. The van der Waals surface area contributed by atoms with Crippen LogP contribution in [0.25, 0.3) is 27.8 Å². The van der Waals surface area contributed by atoms with Gasteiger partial charge in [-0.25, -0.2) is 4.99 Å². The average Bonchev–Trinajstić information content (AvgIpc) is 2.82. The fraction of sp³-hybridized carbons (Fsp3) is 0.0690. The Morgan fingerprint density at radius 1 is 0.871 bits per heavy atom. The highest BCUT2D eigenvalue weighted by Gasteiger charge is 2.07. The first-order valence-corrected chi connectivity index (χ1v) is 10.5. The molecule has 0 unspecified atom stereocenters. The zero-order valence-electron chi connectivity index (χ0n) is 18.0. The Hall–Kier alpha value is -3.91. The fourth-order valence-electron chi connectivity index (χ4n) is 3.75. The maximum Gasteiger partial charge on any atom is 0.141 e. The molecule has 0 fully saturated rings. The topological polar surface area (TPSA) is 17.3 Å². The minimum atomic E-state index is 0.952. The van der Waals surface area contributed by atoms with Gasteiger partial charge in [0.2, 0.25) is 0 Å². The van der Waals surface area contributed by atoms with Crippen LogP contribution >= 0.6 is 0 Å². The summed E-state index contributed by atoms with van der Waals surface area (Å²) in [5, 5.41) is 3.57. The number of aromatic nitrogens is 1. The van der Waals surface area contributed by atoms with E-state index in [0.717, 1.165) is 33.2 Å². The fourth-order valence-corrected chi connectivity index (χ4v) is 3.75. The van der Waals surface area contributed by atoms with E-state index >= 15 is 0 Å². The summed E-state index contributed by atoms with van der Waals surface area (Å²) in [7, 11) is 2.09. The van der Waals surface area contributed by atoms with Gasteiger partial charge in [0, 0.05) is 23.3 Å². The monoisotopic (exact) mass is 402 g/mol. The highest BCUT2D eigenvalue weighted by Crippen LogP contribution is 2.25. The SMILES string of the molecule is C=C\C=C/C(/C=C/c1ccc2c(c1)c1ccccc1c(=Nc1ccccc1)n2C)=C\C. The third-order valence-electron chi connectivity index (χ3n) is 5.38. The van der Waals surface area contributed by atoms with Crippen molar-refractivity contribution in [3.05, 3.63) is 126 Å². The molecule has 1 heterocycles. The first-order chi connectivity index (χ1) is 15.2. The summed E-state index contributed by atoms with van der Waals surface area (Å²) in [6.45, 7) is 5.78. The van der Waals surface area contributed by atoms with Crippen LogP contribution in [0.4, 0.5) is 5.69 Å². The molecule has 0 N–H and O–H groups in total. The molecule has 0 bridgehead atoms. The number of hydrogen-bond donors (Lipinski definition) is 0. The molecular weight excluding hydrogens is 376 g/mol. The van der Waals surface area contributed by atoms with Crippen LogP contribution in [0.2, 0.25) is 0 Å². The maximum atomic E-state index is 4.97. The molecule has 3 aromatic carbocycles. The summed E-state index contributed by atoms with van der Waals surface area (Å²) in [6, 6.07) is 25.2. The van der Waals surface area contributed by atoms with Crippen molar-refractivity contribution in [3.8, 4) is 0 Å². The van der Waals surface area contributed by atoms with Crippen LogP contribution < -0.4 is 5.49 Å². The van der Waals surface area contributed by atoms with Crippen molar-refractivity contribution in [2.45, 2.75) is 6.92 Å². The largest absolute Gasteiger partial charge is 0.328 e. The molecule has 0 spiro atoms. The van der Waals surface area contributed by atoms with Crippen molar-refractivity contribution in [3.63, 3.8) is 0 Å². The lowest BCUT2D eigenvalue weighted by Crippen LogP contribution is -2.19. The van der Waals surface area contributed by atoms with Crippen LogP contribution in [-0.2, 0) is 7.05 Å². The molecular formula is C29H26N2. The Morgan fingerprint density at radius 2 is 1.61 bits per heavy atom. The van der Waals surface area contributed by atoms with Gasteiger partial charge < -0.3 is 4.57 Å². The average molecular weight is 403 g/mol. The lowest BCUT2D eigenvalue weighted by molar-refractivity contribution is 0.890. The van der Waals surface area contributed by atoms with Gasteiger partial charge in [-0.05, 0) is 47.7 Å². The van der Waals surface area contributed by atoms with E-state index in [0.29, 0.717) is 0 Å². The van der Waals surface area contributed by atoms with Crippen LogP contribution in [0.1, 0.15) is 12.5 Å². The Kier molecular flexibility index (Phi) is 6.09. The summed E-state index contributed by atoms with van der Waals surface area (Å²) < 4.78 is 2.18. The molecule has 152 valence electrons. The van der Waals surface area contributed by atoms with Gasteiger partial charge >= 0.3 is 0 Å². The second-order valence-electron chi connectivity index (χ2n) is 7.37. The van der Waals surface area contributed by atoms with Crippen molar-refractivity contribution >= 4 is 33.4 Å². The predicted octanol–water partition coefficient (Wildman–Crippen LogP) is 7.27. The molecule has 0 atom stereocenters. The minimum Gasteiger partial charge on any atom is -0.328 e. The van der Waals surface area contributed by atoms with E-state index < -0.39 is 0 Å². The number of rotatable bonds is 5. The van der Waals surface area contributed by atoms with E-state index in [1.54, 1.807) is 6.08 Å². The molecule has 0 aliphatic carbocycles. The van der Waals surface area contributed by atoms with Gasteiger partial charge in [0.25, 0.3) is 0 Å². The number of para-hydroxylation sites is 1. The summed E-state index contributed by atoms with van der Waals surface area (Å²) in [5.74, 6) is 0. The molecule has 1 aromatic heterocycles. The summed E-state index contributed by atoms with van der Waals surface area (Å²) in [4.78, 5) is 4.97. The molecule has 0 saturated carbocycles. The molecule has 2 nitrogen and oxygen atoms in total. The van der Waals surface area contributed by atoms with Crippen LogP contribution in [0, 0.1) is 0 Å². The van der Waals surface area contributed by atoms with Crippen molar-refractivity contribution in [2.24, 2.45) is 12.0 Å². The summed E-state index contributed by atoms with van der Waals surface area (Å²) in [6.07, 6.45) is 12.2. The number of allylic oxidation sites excluding steroid dienone is 6. The number of aryl methyl sites for hydroxylation is 1. The van der Waals surface area contributed by atoms with Crippen molar-refractivity contribution in [1.82, 2.24) is 4.57 Å². The first kappa shape index (κ1) is 20.4. The zero-order valence-corrected chi connectivity index (χ0v) is 18.0. The number of nitrogens with zero attached hydrogens (tertiary/aromatic N) is 2. The molecule has 31 heavy (non-hydrogen) atoms. The third-order valence-corrected chi connectivity index (χ3v) is 5.38. The van der Waals surface area contributed by atoms with Crippen LogP contribution in [0.3, 0.4) is 0 Å². The zero-order chi connectivity index (χ0) is 21.6. The Bertz CT molecular complexity index is 1400. The van der Waals surface area contributed by atoms with Gasteiger partial charge in [-0.2, -0.15) is 0 Å². The lowest BCUT2D eigenvalue weighted by atomic mass is 10.0. The quantitative estimate of drug-likeness (QED) is 0.247. The number of benzene rings is 3. The molecule has 4 aromatic rings. The summed E-state index contributed by atoms with van der Waals surface area (Å²) >= 11 is 0. The van der Waals surface area contributed by atoms with Gasteiger partial charge in [0.05, 0.1) is 5.69 Å². The normalized spacial score (nSPS) is 13.1. The Balaban J connectivity index is 1.91. The molecule has 0 radical (unpaired) electrons. The van der Waals surface area contributed by atoms with Crippen LogP contribution in [0.5, 0.6) is 0 Å². The number of fused-ring (bicyclic) bond motifs is 3. The molecule has 0 aliphatic rings. The molecule has 0 aliphatic heterocycles. The first-order valence-electron chi connectivity index (χ1n) is 10.5. The van der Waals surface area contributed by atoms with E-state index in [1.807, 2.05) is 43.3 Å². The van der Waals surface area contributed by atoms with Gasteiger partial charge in [0.15, 0.2) is 0 Å². The number of pyridine rings is 1.